The summed E-state index contributed by atoms with van der Waals surface area (Å²) in [4.78, 5) is 23.6. The van der Waals surface area contributed by atoms with Crippen LogP contribution in [0.25, 0.3) is 6.08 Å². The number of esters is 1. The Labute approximate surface area is 170 Å². The van der Waals surface area contributed by atoms with Crippen LogP contribution in [-0.4, -0.2) is 32.7 Å². The molecule has 0 aliphatic rings. The molecule has 28 heavy (non-hydrogen) atoms. The van der Waals surface area contributed by atoms with E-state index in [1.165, 1.54) is 20.3 Å². The Kier molecular flexibility index (Phi) is 7.60. The van der Waals surface area contributed by atoms with Gasteiger partial charge in [0.15, 0.2) is 18.1 Å². The third-order valence-corrected chi connectivity index (χ3v) is 4.01. The molecule has 0 heterocycles. The number of nitrogens with one attached hydrogen (secondary N) is 1. The topological polar surface area (TPSA) is 97.7 Å². The number of nitrogens with zero attached hydrogens (tertiary/aromatic N) is 1. The van der Waals surface area contributed by atoms with E-state index in [2.05, 4.69) is 26.0 Å². The molecular weight excluding hydrogens is 428 g/mol. The SMILES string of the molecule is COC(=O)COc1ccc(C=C(C#N)C(=O)Nc2cccc(Br)c2)cc1OC. The van der Waals surface area contributed by atoms with Crippen LogP contribution in [0.3, 0.4) is 0 Å². The maximum atomic E-state index is 12.4. The summed E-state index contributed by atoms with van der Waals surface area (Å²) in [6.07, 6.45) is 1.43. The maximum absolute atomic E-state index is 12.4. The number of benzene rings is 2. The Morgan fingerprint density at radius 3 is 2.61 bits per heavy atom. The van der Waals surface area contributed by atoms with E-state index in [1.807, 2.05) is 12.1 Å². The lowest BCUT2D eigenvalue weighted by atomic mass is 10.1. The molecule has 2 rings (SSSR count). The molecule has 2 aromatic carbocycles. The van der Waals surface area contributed by atoms with Crippen molar-refractivity contribution in [3.63, 3.8) is 0 Å². The third kappa shape index (κ3) is 5.86. The van der Waals surface area contributed by atoms with Gasteiger partial charge in [-0.2, -0.15) is 5.26 Å². The van der Waals surface area contributed by atoms with Crippen molar-refractivity contribution in [3.8, 4) is 17.6 Å². The van der Waals surface area contributed by atoms with Crippen LogP contribution in [0, 0.1) is 11.3 Å². The van der Waals surface area contributed by atoms with Crippen molar-refractivity contribution in [2.75, 3.05) is 26.1 Å². The molecule has 144 valence electrons. The zero-order valence-electron chi connectivity index (χ0n) is 15.2. The summed E-state index contributed by atoms with van der Waals surface area (Å²) >= 11 is 3.32. The molecule has 0 saturated carbocycles. The molecule has 0 bridgehead atoms. The minimum atomic E-state index is -0.536. The van der Waals surface area contributed by atoms with E-state index in [9.17, 15) is 14.9 Å². The molecule has 8 heteroatoms. The first-order chi connectivity index (χ1) is 13.5. The standard InChI is InChI=1S/C20H17BrN2O5/c1-26-18-9-13(6-7-17(18)28-12-19(24)27-2)8-14(11-22)20(25)23-16-5-3-4-15(21)10-16/h3-10H,12H2,1-2H3,(H,23,25). The van der Waals surface area contributed by atoms with Crippen LogP contribution in [-0.2, 0) is 14.3 Å². The minimum Gasteiger partial charge on any atom is -0.493 e. The monoisotopic (exact) mass is 444 g/mol. The highest BCUT2D eigenvalue weighted by Crippen LogP contribution is 2.29. The summed E-state index contributed by atoms with van der Waals surface area (Å²) < 4.78 is 15.9. The molecule has 0 spiro atoms. The molecule has 7 nitrogen and oxygen atoms in total. The summed E-state index contributed by atoms with van der Waals surface area (Å²) in [5.74, 6) is -0.378. The second kappa shape index (κ2) is 10.1. The third-order valence-electron chi connectivity index (χ3n) is 3.52. The van der Waals surface area contributed by atoms with Gasteiger partial charge in [0.25, 0.3) is 5.91 Å². The van der Waals surface area contributed by atoms with Crippen molar-refractivity contribution in [1.29, 1.82) is 5.26 Å². The van der Waals surface area contributed by atoms with E-state index in [-0.39, 0.29) is 12.2 Å². The summed E-state index contributed by atoms with van der Waals surface area (Å²) in [5, 5.41) is 12.0. The second-order valence-electron chi connectivity index (χ2n) is 5.41. The number of rotatable bonds is 7. The Hall–Kier alpha value is -3.31. The molecule has 0 aliphatic heterocycles. The van der Waals surface area contributed by atoms with Gasteiger partial charge in [-0.05, 0) is 42.0 Å². The van der Waals surface area contributed by atoms with Gasteiger partial charge in [-0.3, -0.25) is 4.79 Å². The van der Waals surface area contributed by atoms with E-state index in [0.29, 0.717) is 22.7 Å². The lowest BCUT2D eigenvalue weighted by molar-refractivity contribution is -0.142. The fourth-order valence-electron chi connectivity index (χ4n) is 2.17. The number of carbonyl (C=O) groups excluding carboxylic acids is 2. The zero-order valence-corrected chi connectivity index (χ0v) is 16.8. The molecule has 0 aromatic heterocycles. The summed E-state index contributed by atoms with van der Waals surface area (Å²) in [5.41, 5.74) is 1.04. The van der Waals surface area contributed by atoms with E-state index >= 15 is 0 Å². The van der Waals surface area contributed by atoms with Crippen LogP contribution in [0.15, 0.2) is 52.5 Å². The largest absolute Gasteiger partial charge is 0.493 e. The molecule has 0 aliphatic carbocycles. The molecule has 0 fully saturated rings. The van der Waals surface area contributed by atoms with Crippen molar-refractivity contribution in [2.24, 2.45) is 0 Å². The van der Waals surface area contributed by atoms with Gasteiger partial charge in [0.1, 0.15) is 11.6 Å². The Bertz CT molecular complexity index is 950. The van der Waals surface area contributed by atoms with Crippen LogP contribution in [0.4, 0.5) is 5.69 Å². The van der Waals surface area contributed by atoms with Crippen molar-refractivity contribution < 1.29 is 23.8 Å². The van der Waals surface area contributed by atoms with E-state index in [4.69, 9.17) is 9.47 Å². The van der Waals surface area contributed by atoms with Crippen molar-refractivity contribution in [1.82, 2.24) is 0 Å². The molecule has 2 aromatic rings. The smallest absolute Gasteiger partial charge is 0.343 e. The summed E-state index contributed by atoms with van der Waals surface area (Å²) in [6, 6.07) is 13.7. The lowest BCUT2D eigenvalue weighted by Crippen LogP contribution is -2.13. The molecule has 0 unspecified atom stereocenters. The normalized spacial score (nSPS) is 10.6. The maximum Gasteiger partial charge on any atom is 0.343 e. The van der Waals surface area contributed by atoms with Gasteiger partial charge in [0.05, 0.1) is 14.2 Å². The van der Waals surface area contributed by atoms with Crippen LogP contribution < -0.4 is 14.8 Å². The van der Waals surface area contributed by atoms with Gasteiger partial charge in [0, 0.05) is 10.2 Å². The predicted molar refractivity (Wildman–Crippen MR) is 107 cm³/mol. The number of carbonyl (C=O) groups is 2. The first-order valence-electron chi connectivity index (χ1n) is 8.03. The quantitative estimate of drug-likeness (QED) is 0.398. The number of amides is 1. The van der Waals surface area contributed by atoms with Gasteiger partial charge in [0.2, 0.25) is 0 Å². The van der Waals surface area contributed by atoms with Crippen LogP contribution in [0.2, 0.25) is 0 Å². The highest BCUT2D eigenvalue weighted by atomic mass is 79.9. The van der Waals surface area contributed by atoms with Gasteiger partial charge in [-0.15, -0.1) is 0 Å². The first kappa shape index (κ1) is 21.0. The molecule has 1 amide bonds. The zero-order chi connectivity index (χ0) is 20.5. The van der Waals surface area contributed by atoms with Crippen LogP contribution in [0.1, 0.15) is 5.56 Å². The summed E-state index contributed by atoms with van der Waals surface area (Å²) in [6.45, 7) is -0.263. The van der Waals surface area contributed by atoms with Gasteiger partial charge in [-0.25, -0.2) is 4.79 Å². The van der Waals surface area contributed by atoms with Gasteiger partial charge < -0.3 is 19.5 Å². The predicted octanol–water partition coefficient (Wildman–Crippen LogP) is 3.56. The fraction of sp³-hybridized carbons (Fsp3) is 0.150. The molecular formula is C20H17BrN2O5. The number of anilines is 1. The van der Waals surface area contributed by atoms with Crippen molar-refractivity contribution in [3.05, 3.63) is 58.1 Å². The Morgan fingerprint density at radius 1 is 1.18 bits per heavy atom. The van der Waals surface area contributed by atoms with Gasteiger partial charge in [-0.1, -0.05) is 28.1 Å². The number of hydrogen-bond acceptors (Lipinski definition) is 6. The van der Waals surface area contributed by atoms with Gasteiger partial charge >= 0.3 is 5.97 Å². The number of ether oxygens (including phenoxy) is 3. The molecule has 1 N–H and O–H groups in total. The highest BCUT2D eigenvalue weighted by molar-refractivity contribution is 9.10. The number of methoxy groups -OCH3 is 2. The fourth-order valence-corrected chi connectivity index (χ4v) is 2.57. The molecule has 0 radical (unpaired) electrons. The Balaban J connectivity index is 2.19. The van der Waals surface area contributed by atoms with E-state index in [1.54, 1.807) is 36.4 Å². The van der Waals surface area contributed by atoms with Crippen molar-refractivity contribution in [2.45, 2.75) is 0 Å². The number of halogens is 1. The van der Waals surface area contributed by atoms with E-state index < -0.39 is 11.9 Å². The average Bonchev–Trinajstić information content (AvgIpc) is 2.70. The molecule has 0 saturated heterocycles. The first-order valence-corrected chi connectivity index (χ1v) is 8.82. The van der Waals surface area contributed by atoms with Crippen molar-refractivity contribution >= 4 is 39.6 Å². The average molecular weight is 445 g/mol. The number of hydrogen-bond donors (Lipinski definition) is 1. The minimum absolute atomic E-state index is 0.0785. The highest BCUT2D eigenvalue weighted by Gasteiger charge is 2.12. The summed E-state index contributed by atoms with van der Waals surface area (Å²) in [7, 11) is 2.71. The Morgan fingerprint density at radius 2 is 1.96 bits per heavy atom. The van der Waals surface area contributed by atoms with Crippen LogP contribution in [0.5, 0.6) is 11.5 Å². The number of nitriles is 1. The second-order valence-corrected chi connectivity index (χ2v) is 6.33. The van der Waals surface area contributed by atoms with Crippen LogP contribution >= 0.6 is 15.9 Å². The molecule has 0 atom stereocenters. The lowest BCUT2D eigenvalue weighted by Gasteiger charge is -2.10. The van der Waals surface area contributed by atoms with E-state index in [0.717, 1.165) is 4.47 Å².